The minimum atomic E-state index is -0.742. The van der Waals surface area contributed by atoms with Crippen molar-refractivity contribution >= 4 is 11.7 Å². The van der Waals surface area contributed by atoms with Gasteiger partial charge in [-0.1, -0.05) is 18.2 Å². The molecule has 0 heterocycles. The van der Waals surface area contributed by atoms with E-state index in [0.29, 0.717) is 11.3 Å². The number of carbonyl (C=O) groups excluding carboxylic acids is 1. The normalized spacial score (nSPS) is 10.1. The Balaban J connectivity index is 2.09. The van der Waals surface area contributed by atoms with E-state index < -0.39 is 11.8 Å². The summed E-state index contributed by atoms with van der Waals surface area (Å²) in [4.78, 5) is 11.8. The lowest BCUT2D eigenvalue weighted by Crippen LogP contribution is -2.08. The molecule has 0 fully saturated rings. The van der Waals surface area contributed by atoms with Gasteiger partial charge in [-0.05, 0) is 24.3 Å². The lowest BCUT2D eigenvalue weighted by Gasteiger charge is -2.09. The monoisotopic (exact) mass is 275 g/mol. The molecule has 0 aliphatic heterocycles. The van der Waals surface area contributed by atoms with Crippen molar-refractivity contribution in [2.45, 2.75) is 6.61 Å². The zero-order valence-electron chi connectivity index (χ0n) is 10.9. The minimum absolute atomic E-state index is 0.00661. The van der Waals surface area contributed by atoms with Gasteiger partial charge in [0.2, 0.25) is 0 Å². The van der Waals surface area contributed by atoms with Gasteiger partial charge >= 0.3 is 5.97 Å². The first-order chi connectivity index (χ1) is 9.61. The highest BCUT2D eigenvalue weighted by molar-refractivity contribution is 5.90. The highest BCUT2D eigenvalue weighted by Gasteiger charge is 2.14. The van der Waals surface area contributed by atoms with Crippen LogP contribution in [-0.2, 0) is 11.3 Å². The minimum Gasteiger partial charge on any atom is -0.496 e. The fourth-order valence-electron chi connectivity index (χ4n) is 1.74. The summed E-state index contributed by atoms with van der Waals surface area (Å²) < 4.78 is 23.8. The van der Waals surface area contributed by atoms with Gasteiger partial charge in [0.1, 0.15) is 18.2 Å². The van der Waals surface area contributed by atoms with E-state index in [1.807, 2.05) is 6.07 Å². The molecule has 0 aliphatic rings. The second-order valence-corrected chi connectivity index (χ2v) is 4.13. The topological polar surface area (TPSA) is 61.5 Å². The highest BCUT2D eigenvalue weighted by atomic mass is 19.1. The van der Waals surface area contributed by atoms with Gasteiger partial charge < -0.3 is 15.2 Å². The molecule has 0 spiro atoms. The molecule has 0 saturated heterocycles. The smallest absolute Gasteiger partial charge is 0.341 e. The average molecular weight is 275 g/mol. The third-order valence-electron chi connectivity index (χ3n) is 2.76. The SMILES string of the molecule is COc1ccccc1COC(=O)c1ccc(N)cc1F. The third kappa shape index (κ3) is 3.06. The lowest BCUT2D eigenvalue weighted by atomic mass is 10.2. The number of nitrogens with two attached hydrogens (primary N) is 1. The summed E-state index contributed by atoms with van der Waals surface area (Å²) >= 11 is 0. The quantitative estimate of drug-likeness (QED) is 0.688. The van der Waals surface area contributed by atoms with E-state index in [-0.39, 0.29) is 17.9 Å². The van der Waals surface area contributed by atoms with Crippen molar-refractivity contribution < 1.29 is 18.7 Å². The number of halogens is 1. The van der Waals surface area contributed by atoms with Crippen LogP contribution in [0.3, 0.4) is 0 Å². The van der Waals surface area contributed by atoms with E-state index >= 15 is 0 Å². The van der Waals surface area contributed by atoms with Crippen molar-refractivity contribution in [3.8, 4) is 5.75 Å². The number of hydrogen-bond donors (Lipinski definition) is 1. The molecule has 0 saturated carbocycles. The number of para-hydroxylation sites is 1. The number of esters is 1. The molecular weight excluding hydrogens is 261 g/mol. The van der Waals surface area contributed by atoms with Crippen molar-refractivity contribution in [2.24, 2.45) is 0 Å². The van der Waals surface area contributed by atoms with Gasteiger partial charge in [-0.25, -0.2) is 9.18 Å². The van der Waals surface area contributed by atoms with Crippen molar-refractivity contribution in [3.63, 3.8) is 0 Å². The van der Waals surface area contributed by atoms with Crippen LogP contribution in [0.4, 0.5) is 10.1 Å². The first kappa shape index (κ1) is 13.9. The molecule has 2 N–H and O–H groups in total. The maximum absolute atomic E-state index is 13.6. The number of carbonyl (C=O) groups is 1. The average Bonchev–Trinajstić information content (AvgIpc) is 2.45. The summed E-state index contributed by atoms with van der Waals surface area (Å²) in [5.74, 6) is -0.832. The van der Waals surface area contributed by atoms with Crippen LogP contribution in [0.15, 0.2) is 42.5 Å². The van der Waals surface area contributed by atoms with Crippen molar-refractivity contribution in [1.29, 1.82) is 0 Å². The number of benzene rings is 2. The Morgan fingerprint density at radius 1 is 1.25 bits per heavy atom. The van der Waals surface area contributed by atoms with Gasteiger partial charge in [0.15, 0.2) is 0 Å². The first-order valence-corrected chi connectivity index (χ1v) is 5.96. The molecule has 0 amide bonds. The van der Waals surface area contributed by atoms with Crippen LogP contribution in [0.25, 0.3) is 0 Å². The summed E-state index contributed by atoms with van der Waals surface area (Å²) in [5, 5.41) is 0. The Hall–Kier alpha value is -2.56. The molecule has 4 nitrogen and oxygen atoms in total. The van der Waals surface area contributed by atoms with Crippen LogP contribution < -0.4 is 10.5 Å². The van der Waals surface area contributed by atoms with E-state index in [9.17, 15) is 9.18 Å². The Morgan fingerprint density at radius 2 is 2.00 bits per heavy atom. The standard InChI is InChI=1S/C15H14FNO3/c1-19-14-5-3-2-4-10(14)9-20-15(18)12-7-6-11(17)8-13(12)16/h2-8H,9,17H2,1H3. The molecule has 5 heteroatoms. The summed E-state index contributed by atoms with van der Waals surface area (Å²) in [6, 6.07) is 11.0. The van der Waals surface area contributed by atoms with Gasteiger partial charge in [-0.3, -0.25) is 0 Å². The molecule has 0 aliphatic carbocycles. The van der Waals surface area contributed by atoms with Gasteiger partial charge in [-0.2, -0.15) is 0 Å². The van der Waals surface area contributed by atoms with Crippen molar-refractivity contribution in [1.82, 2.24) is 0 Å². The number of nitrogen functional groups attached to an aromatic ring is 1. The van der Waals surface area contributed by atoms with Crippen LogP contribution in [0.5, 0.6) is 5.75 Å². The largest absolute Gasteiger partial charge is 0.496 e. The summed E-state index contributed by atoms with van der Waals surface area (Å²) in [7, 11) is 1.53. The van der Waals surface area contributed by atoms with E-state index in [2.05, 4.69) is 0 Å². The molecule has 0 unspecified atom stereocenters. The van der Waals surface area contributed by atoms with Crippen molar-refractivity contribution in [3.05, 3.63) is 59.4 Å². The predicted octanol–water partition coefficient (Wildman–Crippen LogP) is 2.77. The Labute approximate surface area is 115 Å². The molecule has 0 bridgehead atoms. The summed E-state index contributed by atoms with van der Waals surface area (Å²) in [6.07, 6.45) is 0. The molecule has 2 aromatic rings. The number of anilines is 1. The Bertz CT molecular complexity index is 628. The summed E-state index contributed by atoms with van der Waals surface area (Å²) in [5.41, 5.74) is 6.24. The Morgan fingerprint density at radius 3 is 2.70 bits per heavy atom. The first-order valence-electron chi connectivity index (χ1n) is 5.96. The number of rotatable bonds is 4. The lowest BCUT2D eigenvalue weighted by molar-refractivity contribution is 0.0465. The molecular formula is C15H14FNO3. The van der Waals surface area contributed by atoms with Crippen molar-refractivity contribution in [2.75, 3.05) is 12.8 Å². The van der Waals surface area contributed by atoms with E-state index in [1.165, 1.54) is 19.2 Å². The second kappa shape index (κ2) is 6.06. The maximum Gasteiger partial charge on any atom is 0.341 e. The van der Waals surface area contributed by atoms with E-state index in [4.69, 9.17) is 15.2 Å². The highest BCUT2D eigenvalue weighted by Crippen LogP contribution is 2.19. The fraction of sp³-hybridized carbons (Fsp3) is 0.133. The van der Waals surface area contributed by atoms with Gasteiger partial charge in [0.25, 0.3) is 0 Å². The van der Waals surface area contributed by atoms with Gasteiger partial charge in [0.05, 0.1) is 12.7 Å². The maximum atomic E-state index is 13.6. The van der Waals surface area contributed by atoms with Crippen LogP contribution in [-0.4, -0.2) is 13.1 Å². The van der Waals surface area contributed by atoms with Crippen LogP contribution in [0.2, 0.25) is 0 Å². The Kier molecular flexibility index (Phi) is 4.20. The van der Waals surface area contributed by atoms with Crippen LogP contribution in [0.1, 0.15) is 15.9 Å². The van der Waals surface area contributed by atoms with Gasteiger partial charge in [-0.15, -0.1) is 0 Å². The molecule has 2 rings (SSSR count). The molecule has 0 atom stereocenters. The summed E-state index contributed by atoms with van der Waals surface area (Å²) in [6.45, 7) is 0.00661. The molecule has 0 radical (unpaired) electrons. The van der Waals surface area contributed by atoms with E-state index in [1.54, 1.807) is 18.2 Å². The number of ether oxygens (including phenoxy) is 2. The molecule has 0 aromatic heterocycles. The van der Waals surface area contributed by atoms with Gasteiger partial charge in [0, 0.05) is 11.3 Å². The van der Waals surface area contributed by atoms with Crippen LogP contribution >= 0.6 is 0 Å². The molecule has 104 valence electrons. The van der Waals surface area contributed by atoms with E-state index in [0.717, 1.165) is 6.07 Å². The zero-order chi connectivity index (χ0) is 14.5. The number of methoxy groups -OCH3 is 1. The third-order valence-corrected chi connectivity index (χ3v) is 2.76. The number of hydrogen-bond acceptors (Lipinski definition) is 4. The molecule has 2 aromatic carbocycles. The fourth-order valence-corrected chi connectivity index (χ4v) is 1.74. The zero-order valence-corrected chi connectivity index (χ0v) is 10.9. The van der Waals surface area contributed by atoms with Crippen LogP contribution in [0, 0.1) is 5.82 Å². The predicted molar refractivity (Wildman–Crippen MR) is 72.9 cm³/mol. The second-order valence-electron chi connectivity index (χ2n) is 4.13. The molecule has 20 heavy (non-hydrogen) atoms.